The van der Waals surface area contributed by atoms with Crippen molar-refractivity contribution in [3.63, 3.8) is 0 Å². The van der Waals surface area contributed by atoms with Crippen molar-refractivity contribution in [1.82, 2.24) is 20.5 Å². The molecule has 2 atom stereocenters. The van der Waals surface area contributed by atoms with Gasteiger partial charge in [0.2, 0.25) is 0 Å². The highest BCUT2D eigenvalue weighted by molar-refractivity contribution is 5.96. The van der Waals surface area contributed by atoms with Crippen molar-refractivity contribution in [2.45, 2.75) is 18.7 Å². The molecule has 3 aromatic carbocycles. The molecule has 3 N–H and O–H groups in total. The van der Waals surface area contributed by atoms with Gasteiger partial charge in [0.25, 0.3) is 17.7 Å². The summed E-state index contributed by atoms with van der Waals surface area (Å²) in [5.74, 6) is -0.820. The minimum atomic E-state index is -0.678. The van der Waals surface area contributed by atoms with Crippen molar-refractivity contribution in [3.8, 4) is 22.6 Å². The highest BCUT2D eigenvalue weighted by Crippen LogP contribution is 2.27. The van der Waals surface area contributed by atoms with E-state index in [1.54, 1.807) is 59.6 Å². The largest absolute Gasteiger partial charge is 0.486 e. The molecule has 6 bridgehead atoms. The van der Waals surface area contributed by atoms with Crippen LogP contribution in [-0.4, -0.2) is 59.4 Å². The zero-order chi connectivity index (χ0) is 28.3. The van der Waals surface area contributed by atoms with E-state index in [1.165, 1.54) is 12.1 Å². The summed E-state index contributed by atoms with van der Waals surface area (Å²) >= 11 is 0. The topological polar surface area (TPSA) is 113 Å². The lowest BCUT2D eigenvalue weighted by atomic mass is 10.0. The predicted octanol–water partition coefficient (Wildman–Crippen LogP) is 3.53. The lowest BCUT2D eigenvalue weighted by Gasteiger charge is -2.21. The van der Waals surface area contributed by atoms with Crippen LogP contribution in [0.3, 0.4) is 0 Å². The molecule has 4 aromatic rings. The van der Waals surface area contributed by atoms with E-state index in [9.17, 15) is 18.8 Å². The second-order valence-electron chi connectivity index (χ2n) is 9.96. The van der Waals surface area contributed by atoms with Crippen LogP contribution in [0.5, 0.6) is 11.5 Å². The molecule has 3 aliphatic heterocycles. The highest BCUT2D eigenvalue weighted by atomic mass is 19.1. The van der Waals surface area contributed by atoms with Gasteiger partial charge in [-0.25, -0.2) is 4.39 Å². The fraction of sp³-hybridized carbons (Fsp3) is 0.194. The number of amides is 3. The zero-order valence-electron chi connectivity index (χ0n) is 21.9. The third-order valence-corrected chi connectivity index (χ3v) is 7.15. The maximum atomic E-state index is 14.9. The Bertz CT molecular complexity index is 1590. The lowest BCUT2D eigenvalue weighted by molar-refractivity contribution is -0.123. The molecule has 0 aliphatic carbocycles. The molecule has 4 heterocycles. The molecular weight excluding hydrogens is 527 g/mol. The average molecular weight is 555 g/mol. The second-order valence-corrected chi connectivity index (χ2v) is 9.96. The Morgan fingerprint density at radius 1 is 0.902 bits per heavy atom. The van der Waals surface area contributed by atoms with Gasteiger partial charge in [0.05, 0.1) is 18.2 Å². The van der Waals surface area contributed by atoms with Crippen LogP contribution in [0.1, 0.15) is 26.4 Å². The number of H-pyrrole nitrogens is 1. The molecule has 1 fully saturated rings. The number of aromatic amines is 1. The van der Waals surface area contributed by atoms with E-state index < -0.39 is 23.9 Å². The van der Waals surface area contributed by atoms with Gasteiger partial charge in [0.1, 0.15) is 29.1 Å². The van der Waals surface area contributed by atoms with Crippen LogP contribution in [0.2, 0.25) is 0 Å². The lowest BCUT2D eigenvalue weighted by Crippen LogP contribution is -2.45. The zero-order valence-corrected chi connectivity index (χ0v) is 21.9. The number of carbonyl (C=O) groups excluding carboxylic acids is 3. The summed E-state index contributed by atoms with van der Waals surface area (Å²) in [6.07, 6.45) is 1.08. The molecule has 1 aromatic heterocycles. The molecule has 3 amide bonds. The summed E-state index contributed by atoms with van der Waals surface area (Å²) in [7, 11) is 0. The number of ether oxygens (including phenoxy) is 2. The number of hydrogen-bond acceptors (Lipinski definition) is 5. The molecule has 7 rings (SSSR count). The Hall–Kier alpha value is -5.12. The number of fused-ring (bicyclic) bond motifs is 7. The molecule has 0 radical (unpaired) electrons. The van der Waals surface area contributed by atoms with E-state index in [0.29, 0.717) is 34.9 Å². The van der Waals surface area contributed by atoms with Crippen LogP contribution in [0.15, 0.2) is 85.1 Å². The number of benzene rings is 3. The minimum absolute atomic E-state index is 0.139. The maximum Gasteiger partial charge on any atom is 0.270 e. The van der Waals surface area contributed by atoms with E-state index in [2.05, 4.69) is 15.6 Å². The molecule has 3 aliphatic rings. The number of nitrogens with zero attached hydrogens (tertiary/aromatic N) is 1. The first-order valence-electron chi connectivity index (χ1n) is 13.2. The summed E-state index contributed by atoms with van der Waals surface area (Å²) in [4.78, 5) is 43.4. The molecule has 41 heavy (non-hydrogen) atoms. The van der Waals surface area contributed by atoms with Crippen LogP contribution < -0.4 is 20.1 Å². The van der Waals surface area contributed by atoms with Gasteiger partial charge in [0, 0.05) is 19.3 Å². The summed E-state index contributed by atoms with van der Waals surface area (Å²) in [6, 6.07) is 21.3. The third kappa shape index (κ3) is 5.76. The average Bonchev–Trinajstić information content (AvgIpc) is 3.66. The molecule has 0 spiro atoms. The number of hydrogen-bond donors (Lipinski definition) is 3. The Morgan fingerprint density at radius 3 is 2.54 bits per heavy atom. The number of nitrogens with one attached hydrogen (secondary N) is 3. The van der Waals surface area contributed by atoms with Gasteiger partial charge in [-0.15, -0.1) is 0 Å². The molecule has 0 saturated carbocycles. The van der Waals surface area contributed by atoms with Crippen LogP contribution >= 0.6 is 0 Å². The standard InChI is InChI=1S/C31H27FN4O5/c32-25-11-8-21-14-24(25)30(38)35-27-16-36(31(39)26-5-2-12-33-26)17-28(27)41-22-9-6-19(7-10-22)15-34-29(37)18-40-23-4-1-3-20(21)13-23/h1-14,27-28,33H,15-18H2,(H,34,37)(H,35,38)/t27-,28-/m0/s1. The Morgan fingerprint density at radius 2 is 1.73 bits per heavy atom. The van der Waals surface area contributed by atoms with E-state index in [-0.39, 0.29) is 37.1 Å². The fourth-order valence-electron chi connectivity index (χ4n) is 4.98. The van der Waals surface area contributed by atoms with Crippen LogP contribution in [0.4, 0.5) is 4.39 Å². The van der Waals surface area contributed by atoms with Crippen molar-refractivity contribution in [2.24, 2.45) is 0 Å². The van der Waals surface area contributed by atoms with Crippen LogP contribution in [0.25, 0.3) is 11.1 Å². The first kappa shape index (κ1) is 26.1. The quantitative estimate of drug-likeness (QED) is 0.333. The van der Waals surface area contributed by atoms with Crippen molar-refractivity contribution >= 4 is 17.7 Å². The van der Waals surface area contributed by atoms with Crippen molar-refractivity contribution in [2.75, 3.05) is 19.7 Å². The summed E-state index contributed by atoms with van der Waals surface area (Å²) in [6.45, 7) is 0.527. The van der Waals surface area contributed by atoms with Crippen LogP contribution in [0, 0.1) is 5.82 Å². The minimum Gasteiger partial charge on any atom is -0.486 e. The molecular formula is C31H27FN4O5. The van der Waals surface area contributed by atoms with Gasteiger partial charge < -0.3 is 30.0 Å². The Labute approximate surface area is 235 Å². The first-order chi connectivity index (χ1) is 19.9. The predicted molar refractivity (Wildman–Crippen MR) is 148 cm³/mol. The van der Waals surface area contributed by atoms with Gasteiger partial charge in [-0.05, 0) is 65.2 Å². The number of rotatable bonds is 1. The van der Waals surface area contributed by atoms with Gasteiger partial charge >= 0.3 is 0 Å². The molecule has 9 nitrogen and oxygen atoms in total. The monoisotopic (exact) mass is 554 g/mol. The molecule has 208 valence electrons. The third-order valence-electron chi connectivity index (χ3n) is 7.15. The van der Waals surface area contributed by atoms with Crippen molar-refractivity contribution in [3.05, 3.63) is 108 Å². The van der Waals surface area contributed by atoms with E-state index >= 15 is 0 Å². The highest BCUT2D eigenvalue weighted by Gasteiger charge is 2.39. The number of carbonyl (C=O) groups is 3. The summed E-state index contributed by atoms with van der Waals surface area (Å²) in [5.41, 5.74) is 2.43. The van der Waals surface area contributed by atoms with Crippen molar-refractivity contribution in [1.29, 1.82) is 0 Å². The summed E-state index contributed by atoms with van der Waals surface area (Å²) in [5, 5.41) is 5.74. The van der Waals surface area contributed by atoms with Crippen molar-refractivity contribution < 1.29 is 28.2 Å². The van der Waals surface area contributed by atoms with Gasteiger partial charge in [-0.2, -0.15) is 0 Å². The van der Waals surface area contributed by atoms with Crippen LogP contribution in [-0.2, 0) is 11.3 Å². The van der Waals surface area contributed by atoms with E-state index in [1.807, 2.05) is 18.2 Å². The fourth-order valence-corrected chi connectivity index (χ4v) is 4.98. The normalized spacial score (nSPS) is 18.9. The Balaban J connectivity index is 1.34. The van der Waals surface area contributed by atoms with E-state index in [4.69, 9.17) is 9.47 Å². The summed E-state index contributed by atoms with van der Waals surface area (Å²) < 4.78 is 26.9. The maximum absolute atomic E-state index is 14.9. The van der Waals surface area contributed by atoms with Gasteiger partial charge in [-0.1, -0.05) is 30.3 Å². The smallest absolute Gasteiger partial charge is 0.270 e. The first-order valence-corrected chi connectivity index (χ1v) is 13.2. The molecule has 1 saturated heterocycles. The molecule has 10 heteroatoms. The van der Waals surface area contributed by atoms with Gasteiger partial charge in [0.15, 0.2) is 6.61 Å². The SMILES string of the molecule is O=C1COc2cccc(c2)-c2ccc(F)c(c2)C(=O)N[C@H]2CN(C(=O)c3ccc[nH]3)C[C@@H]2Oc2ccc(cc2)CN1. The Kier molecular flexibility index (Phi) is 7.11. The second kappa shape index (κ2) is 11.2. The molecule has 0 unspecified atom stereocenters. The number of aromatic nitrogens is 1. The van der Waals surface area contributed by atoms with E-state index in [0.717, 1.165) is 5.56 Å². The number of halogens is 1. The number of likely N-dealkylation sites (tertiary alicyclic amines) is 1. The van der Waals surface area contributed by atoms with Gasteiger partial charge in [-0.3, -0.25) is 14.4 Å².